The minimum absolute atomic E-state index is 0.235. The molecule has 0 aliphatic carbocycles. The molecule has 0 bridgehead atoms. The summed E-state index contributed by atoms with van der Waals surface area (Å²) in [6, 6.07) is 6.93. The number of hydrogen-bond donors (Lipinski definition) is 1. The number of ether oxygens (including phenoxy) is 3. The second-order valence-electron chi connectivity index (χ2n) is 3.88. The maximum Gasteiger partial charge on any atom is 0.287 e. The largest absolute Gasteiger partial charge is 0.491 e. The van der Waals surface area contributed by atoms with Gasteiger partial charge in [0.25, 0.3) is 5.25 Å². The zero-order valence-corrected chi connectivity index (χ0v) is 10.3. The van der Waals surface area contributed by atoms with E-state index in [-0.39, 0.29) is 6.10 Å². The standard InChI is InChI=1S/C12H15ClO4/c1-2-12(13,14)17-10-5-3-9(4-6-10)15-7-11-8-16-11/h3-6,11,14H,2,7-8H2,1H3. The molecule has 0 saturated carbocycles. The summed E-state index contributed by atoms with van der Waals surface area (Å²) >= 11 is 5.69. The highest BCUT2D eigenvalue weighted by Crippen LogP contribution is 2.25. The number of epoxide rings is 1. The molecule has 94 valence electrons. The van der Waals surface area contributed by atoms with Crippen LogP contribution < -0.4 is 9.47 Å². The number of rotatable bonds is 6. The minimum atomic E-state index is -1.65. The van der Waals surface area contributed by atoms with Crippen molar-refractivity contribution in [3.05, 3.63) is 24.3 Å². The molecule has 1 aliphatic rings. The average molecular weight is 259 g/mol. The lowest BCUT2D eigenvalue weighted by Gasteiger charge is -2.20. The summed E-state index contributed by atoms with van der Waals surface area (Å²) in [6.07, 6.45) is 0.533. The van der Waals surface area contributed by atoms with Crippen molar-refractivity contribution in [2.75, 3.05) is 13.2 Å². The molecule has 17 heavy (non-hydrogen) atoms. The third-order valence-electron chi connectivity index (χ3n) is 2.37. The minimum Gasteiger partial charge on any atom is -0.491 e. The van der Waals surface area contributed by atoms with Crippen LogP contribution in [0.15, 0.2) is 24.3 Å². The van der Waals surface area contributed by atoms with E-state index < -0.39 is 5.25 Å². The summed E-state index contributed by atoms with van der Waals surface area (Å²) in [7, 11) is 0. The highest BCUT2D eigenvalue weighted by atomic mass is 35.5. The highest BCUT2D eigenvalue weighted by molar-refractivity contribution is 6.21. The van der Waals surface area contributed by atoms with Crippen molar-refractivity contribution in [1.82, 2.24) is 0 Å². The van der Waals surface area contributed by atoms with Crippen LogP contribution in [-0.2, 0) is 4.74 Å². The van der Waals surface area contributed by atoms with Crippen LogP contribution >= 0.6 is 11.6 Å². The Morgan fingerprint density at radius 1 is 1.41 bits per heavy atom. The van der Waals surface area contributed by atoms with Gasteiger partial charge in [-0.05, 0) is 35.9 Å². The highest BCUT2D eigenvalue weighted by Gasteiger charge is 2.24. The first-order chi connectivity index (χ1) is 8.09. The number of hydrogen-bond acceptors (Lipinski definition) is 4. The SMILES string of the molecule is CCC(O)(Cl)Oc1ccc(OCC2CO2)cc1. The molecule has 1 saturated heterocycles. The van der Waals surface area contributed by atoms with E-state index in [1.807, 2.05) is 0 Å². The van der Waals surface area contributed by atoms with Gasteiger partial charge in [-0.25, -0.2) is 0 Å². The van der Waals surface area contributed by atoms with Gasteiger partial charge >= 0.3 is 0 Å². The first-order valence-corrected chi connectivity index (χ1v) is 5.91. The van der Waals surface area contributed by atoms with Gasteiger partial charge in [0.1, 0.15) is 24.2 Å². The van der Waals surface area contributed by atoms with E-state index in [9.17, 15) is 5.11 Å². The zero-order valence-electron chi connectivity index (χ0n) is 9.56. The Balaban J connectivity index is 1.87. The predicted molar refractivity (Wildman–Crippen MR) is 63.4 cm³/mol. The van der Waals surface area contributed by atoms with Gasteiger partial charge in [0, 0.05) is 6.42 Å². The predicted octanol–water partition coefficient (Wildman–Crippen LogP) is 2.14. The quantitative estimate of drug-likeness (QED) is 0.483. The summed E-state index contributed by atoms with van der Waals surface area (Å²) in [4.78, 5) is 0. The zero-order chi connectivity index (χ0) is 12.3. The lowest BCUT2D eigenvalue weighted by atomic mass is 10.3. The van der Waals surface area contributed by atoms with E-state index in [1.165, 1.54) is 0 Å². The lowest BCUT2D eigenvalue weighted by Crippen LogP contribution is -2.27. The Bertz CT molecular complexity index is 359. The van der Waals surface area contributed by atoms with Crippen LogP contribution in [0.1, 0.15) is 13.3 Å². The number of aliphatic hydroxyl groups is 1. The Labute approximate surface area is 105 Å². The van der Waals surface area contributed by atoms with Crippen LogP contribution in [0.5, 0.6) is 11.5 Å². The Morgan fingerprint density at radius 2 is 2.00 bits per heavy atom. The molecular formula is C12H15ClO4. The van der Waals surface area contributed by atoms with Gasteiger partial charge in [-0.3, -0.25) is 0 Å². The number of halogens is 1. The summed E-state index contributed by atoms with van der Waals surface area (Å²) in [5.41, 5.74) is 0. The fourth-order valence-electron chi connectivity index (χ4n) is 1.21. The van der Waals surface area contributed by atoms with Crippen molar-refractivity contribution in [3.63, 3.8) is 0 Å². The van der Waals surface area contributed by atoms with Crippen molar-refractivity contribution in [3.8, 4) is 11.5 Å². The molecular weight excluding hydrogens is 244 g/mol. The Hall–Kier alpha value is -0.970. The van der Waals surface area contributed by atoms with E-state index in [2.05, 4.69) is 0 Å². The molecule has 5 heteroatoms. The van der Waals surface area contributed by atoms with Gasteiger partial charge in [-0.2, -0.15) is 0 Å². The van der Waals surface area contributed by atoms with Crippen LogP contribution in [0.3, 0.4) is 0 Å². The topological polar surface area (TPSA) is 51.2 Å². The van der Waals surface area contributed by atoms with Gasteiger partial charge in [-0.1, -0.05) is 6.92 Å². The molecule has 2 rings (SSSR count). The van der Waals surface area contributed by atoms with Gasteiger partial charge < -0.3 is 19.3 Å². The smallest absolute Gasteiger partial charge is 0.287 e. The van der Waals surface area contributed by atoms with Crippen LogP contribution in [0.4, 0.5) is 0 Å². The second kappa shape index (κ2) is 5.12. The van der Waals surface area contributed by atoms with Crippen molar-refractivity contribution in [2.24, 2.45) is 0 Å². The molecule has 0 radical (unpaired) electrons. The monoisotopic (exact) mass is 258 g/mol. The summed E-state index contributed by atoms with van der Waals surface area (Å²) in [5.74, 6) is 1.24. The molecule has 1 aliphatic heterocycles. The molecule has 1 aromatic carbocycles. The Morgan fingerprint density at radius 3 is 2.53 bits per heavy atom. The molecule has 1 fully saturated rings. The van der Waals surface area contributed by atoms with Crippen molar-refractivity contribution in [2.45, 2.75) is 24.7 Å². The molecule has 2 unspecified atom stereocenters. The van der Waals surface area contributed by atoms with Crippen LogP contribution in [-0.4, -0.2) is 29.7 Å². The van der Waals surface area contributed by atoms with Gasteiger partial charge in [0.05, 0.1) is 6.61 Å². The average Bonchev–Trinajstić information content (AvgIpc) is 3.12. The summed E-state index contributed by atoms with van der Waals surface area (Å²) < 4.78 is 15.7. The number of benzene rings is 1. The number of alkyl halides is 1. The lowest BCUT2D eigenvalue weighted by molar-refractivity contribution is -0.0630. The van der Waals surface area contributed by atoms with E-state index >= 15 is 0 Å². The van der Waals surface area contributed by atoms with E-state index in [0.29, 0.717) is 18.8 Å². The maximum absolute atomic E-state index is 9.53. The van der Waals surface area contributed by atoms with Crippen LogP contribution in [0.2, 0.25) is 0 Å². The van der Waals surface area contributed by atoms with Gasteiger partial charge in [0.2, 0.25) is 0 Å². The first-order valence-electron chi connectivity index (χ1n) is 5.54. The molecule has 1 N–H and O–H groups in total. The van der Waals surface area contributed by atoms with Crippen molar-refractivity contribution in [1.29, 1.82) is 0 Å². The molecule has 1 heterocycles. The van der Waals surface area contributed by atoms with Crippen molar-refractivity contribution >= 4 is 11.6 Å². The van der Waals surface area contributed by atoms with E-state index in [4.69, 9.17) is 25.8 Å². The third kappa shape index (κ3) is 4.07. The van der Waals surface area contributed by atoms with Crippen LogP contribution in [0, 0.1) is 0 Å². The van der Waals surface area contributed by atoms with E-state index in [0.717, 1.165) is 12.4 Å². The summed E-state index contributed by atoms with van der Waals surface area (Å²) in [6.45, 7) is 3.08. The van der Waals surface area contributed by atoms with Crippen LogP contribution in [0.25, 0.3) is 0 Å². The van der Waals surface area contributed by atoms with Crippen molar-refractivity contribution < 1.29 is 19.3 Å². The third-order valence-corrected chi connectivity index (χ3v) is 2.72. The normalized spacial score (nSPS) is 21.7. The molecule has 0 spiro atoms. The fourth-order valence-corrected chi connectivity index (χ4v) is 1.30. The van der Waals surface area contributed by atoms with Gasteiger partial charge in [-0.15, -0.1) is 0 Å². The first kappa shape index (κ1) is 12.5. The molecule has 0 amide bonds. The second-order valence-corrected chi connectivity index (χ2v) is 4.47. The fraction of sp³-hybridized carbons (Fsp3) is 0.500. The molecule has 4 nitrogen and oxygen atoms in total. The summed E-state index contributed by atoms with van der Waals surface area (Å²) in [5, 5.41) is 7.88. The molecule has 0 aromatic heterocycles. The maximum atomic E-state index is 9.53. The molecule has 2 atom stereocenters. The van der Waals surface area contributed by atoms with E-state index in [1.54, 1.807) is 31.2 Å². The Kier molecular flexibility index (Phi) is 3.76. The van der Waals surface area contributed by atoms with Gasteiger partial charge in [0.15, 0.2) is 0 Å². The molecule has 1 aromatic rings.